The Bertz CT molecular complexity index is 1140. The smallest absolute Gasteiger partial charge is 0.325 e. The maximum absolute atomic E-state index is 13.5. The summed E-state index contributed by atoms with van der Waals surface area (Å²) in [6.45, 7) is 0. The van der Waals surface area contributed by atoms with Crippen molar-refractivity contribution in [2.45, 2.75) is 31.0 Å². The minimum absolute atomic E-state index is 0.120. The van der Waals surface area contributed by atoms with Crippen molar-refractivity contribution in [3.05, 3.63) is 89.5 Å². The number of rotatable bonds is 6. The van der Waals surface area contributed by atoms with Crippen LogP contribution in [0.2, 0.25) is 0 Å². The van der Waals surface area contributed by atoms with Crippen LogP contribution in [0.15, 0.2) is 66.7 Å². The van der Waals surface area contributed by atoms with Crippen LogP contribution in [0.25, 0.3) is 0 Å². The number of phenols is 2. The van der Waals surface area contributed by atoms with Crippen LogP contribution in [0.4, 0.5) is 19.3 Å². The number of amides is 2. The van der Waals surface area contributed by atoms with E-state index in [1.807, 2.05) is 0 Å². The van der Waals surface area contributed by atoms with E-state index in [0.29, 0.717) is 23.2 Å². The van der Waals surface area contributed by atoms with Gasteiger partial charge in [0.25, 0.3) is 0 Å². The molecule has 0 radical (unpaired) electrons. The molecule has 6 nitrogen and oxygen atoms in total. The second-order valence-electron chi connectivity index (χ2n) is 8.14. The van der Waals surface area contributed by atoms with Crippen LogP contribution in [-0.2, 0) is 0 Å². The molecule has 1 fully saturated rings. The molecule has 0 aliphatic carbocycles. The van der Waals surface area contributed by atoms with E-state index in [-0.39, 0.29) is 24.0 Å². The molecular weight excluding hydrogens is 430 g/mol. The fraction of sp³-hybridized carbons (Fsp3) is 0.240. The average Bonchev–Trinajstić information content (AvgIpc) is 3.03. The zero-order valence-electron chi connectivity index (χ0n) is 17.9. The summed E-state index contributed by atoms with van der Waals surface area (Å²) in [4.78, 5) is 16.2. The molecule has 1 heterocycles. The fourth-order valence-electron chi connectivity index (χ4n) is 4.35. The zero-order chi connectivity index (χ0) is 23.7. The Hall–Kier alpha value is -3.65. The molecule has 4 rings (SSSR count). The van der Waals surface area contributed by atoms with Crippen molar-refractivity contribution < 1.29 is 28.9 Å². The number of phenolic OH excluding ortho intramolecular Hbond substituents is 2. The van der Waals surface area contributed by atoms with Gasteiger partial charge in [0.1, 0.15) is 23.1 Å². The molecule has 172 valence electrons. The van der Waals surface area contributed by atoms with E-state index in [2.05, 4.69) is 0 Å². The Labute approximate surface area is 189 Å². The molecule has 0 saturated carbocycles. The first-order valence-corrected chi connectivity index (χ1v) is 10.5. The highest BCUT2D eigenvalue weighted by Gasteiger charge is 2.46. The molecule has 33 heavy (non-hydrogen) atoms. The summed E-state index contributed by atoms with van der Waals surface area (Å²) in [5.74, 6) is -1.14. The van der Waals surface area contributed by atoms with E-state index in [4.69, 9.17) is 0 Å². The van der Waals surface area contributed by atoms with Crippen LogP contribution in [-0.4, -0.2) is 39.3 Å². The van der Waals surface area contributed by atoms with Gasteiger partial charge in [-0.1, -0.05) is 12.1 Å². The Kier molecular flexibility index (Phi) is 6.20. The predicted octanol–water partition coefficient (Wildman–Crippen LogP) is 4.87. The van der Waals surface area contributed by atoms with Crippen LogP contribution in [0.1, 0.15) is 36.1 Å². The van der Waals surface area contributed by atoms with Gasteiger partial charge in [0.2, 0.25) is 0 Å². The van der Waals surface area contributed by atoms with Crippen molar-refractivity contribution in [3.63, 3.8) is 0 Å². The van der Waals surface area contributed by atoms with Crippen molar-refractivity contribution in [2.24, 2.45) is 0 Å². The second-order valence-corrected chi connectivity index (χ2v) is 8.14. The van der Waals surface area contributed by atoms with E-state index in [0.717, 1.165) is 0 Å². The molecule has 0 spiro atoms. The number of halogens is 2. The number of carbonyl (C=O) groups is 1. The summed E-state index contributed by atoms with van der Waals surface area (Å²) in [7, 11) is 1.63. The van der Waals surface area contributed by atoms with Crippen LogP contribution in [0, 0.1) is 11.6 Å². The fourth-order valence-corrected chi connectivity index (χ4v) is 4.35. The van der Waals surface area contributed by atoms with Crippen molar-refractivity contribution >= 4 is 11.7 Å². The monoisotopic (exact) mass is 454 g/mol. The molecule has 1 aliphatic rings. The number of aliphatic hydroxyl groups excluding tert-OH is 1. The van der Waals surface area contributed by atoms with E-state index >= 15 is 0 Å². The van der Waals surface area contributed by atoms with Crippen LogP contribution in [0.3, 0.4) is 0 Å². The van der Waals surface area contributed by atoms with E-state index in [1.54, 1.807) is 13.1 Å². The minimum Gasteiger partial charge on any atom is -0.508 e. The normalized spacial score (nSPS) is 19.2. The lowest BCUT2D eigenvalue weighted by molar-refractivity contribution is 0.148. The highest BCUT2D eigenvalue weighted by molar-refractivity contribution is 5.96. The molecule has 3 aromatic rings. The third-order valence-corrected chi connectivity index (χ3v) is 6.08. The largest absolute Gasteiger partial charge is 0.508 e. The molecule has 0 aromatic heterocycles. The number of nitrogens with zero attached hydrogens (tertiary/aromatic N) is 2. The summed E-state index contributed by atoms with van der Waals surface area (Å²) in [5, 5.41) is 30.9. The van der Waals surface area contributed by atoms with Crippen LogP contribution >= 0.6 is 0 Å². The Morgan fingerprint density at radius 3 is 2.15 bits per heavy atom. The summed E-state index contributed by atoms with van der Waals surface area (Å²) >= 11 is 0. The van der Waals surface area contributed by atoms with Gasteiger partial charge >= 0.3 is 6.03 Å². The van der Waals surface area contributed by atoms with Gasteiger partial charge < -0.3 is 20.2 Å². The molecule has 0 bridgehead atoms. The Morgan fingerprint density at radius 1 is 0.939 bits per heavy atom. The lowest BCUT2D eigenvalue weighted by Crippen LogP contribution is -2.31. The Morgan fingerprint density at radius 2 is 1.55 bits per heavy atom. The van der Waals surface area contributed by atoms with Crippen molar-refractivity contribution in [1.29, 1.82) is 0 Å². The zero-order valence-corrected chi connectivity index (χ0v) is 17.9. The molecule has 2 amide bonds. The standard InChI is InChI=1S/C25H24F2N2O4/c1-28-21(12-13-22(31)15-2-4-16(26)5-3-15)24(20-11-10-19(30)14-23(20)32)29(25(28)33)18-8-6-17(27)7-9-18/h2-11,14,21-22,24,30-32H,12-13H2,1H3/t21-,22?,24-/m1/s1. The van der Waals surface area contributed by atoms with Crippen molar-refractivity contribution in [1.82, 2.24) is 4.90 Å². The first-order chi connectivity index (χ1) is 15.8. The number of aromatic hydroxyl groups is 2. The van der Waals surface area contributed by atoms with Gasteiger partial charge in [0.05, 0.1) is 18.2 Å². The highest BCUT2D eigenvalue weighted by Crippen LogP contribution is 2.44. The van der Waals surface area contributed by atoms with E-state index in [9.17, 15) is 28.9 Å². The number of hydrogen-bond donors (Lipinski definition) is 3. The maximum Gasteiger partial charge on any atom is 0.325 e. The molecular formula is C25H24F2N2O4. The first-order valence-electron chi connectivity index (χ1n) is 10.5. The van der Waals surface area contributed by atoms with Gasteiger partial charge in [-0.15, -0.1) is 0 Å². The SMILES string of the molecule is CN1C(=O)N(c2ccc(F)cc2)[C@H](c2ccc(O)cc2O)[C@H]1CCC(O)c1ccc(F)cc1. The summed E-state index contributed by atoms with van der Waals surface area (Å²) < 4.78 is 26.7. The first kappa shape index (κ1) is 22.5. The van der Waals surface area contributed by atoms with Crippen LogP contribution in [0.5, 0.6) is 11.5 Å². The van der Waals surface area contributed by atoms with Gasteiger partial charge in [-0.25, -0.2) is 13.6 Å². The lowest BCUT2D eigenvalue weighted by atomic mass is 9.92. The molecule has 3 N–H and O–H groups in total. The predicted molar refractivity (Wildman–Crippen MR) is 119 cm³/mol. The topological polar surface area (TPSA) is 84.2 Å². The molecule has 3 atom stereocenters. The van der Waals surface area contributed by atoms with E-state index < -0.39 is 29.8 Å². The molecule has 1 unspecified atom stereocenters. The maximum atomic E-state index is 13.5. The number of aliphatic hydroxyl groups is 1. The number of benzene rings is 3. The minimum atomic E-state index is -0.872. The number of carbonyl (C=O) groups excluding carboxylic acids is 1. The number of urea groups is 1. The molecule has 1 saturated heterocycles. The third-order valence-electron chi connectivity index (χ3n) is 6.08. The molecule has 3 aromatic carbocycles. The summed E-state index contributed by atoms with van der Waals surface area (Å²) in [6, 6.07) is 13.8. The summed E-state index contributed by atoms with van der Waals surface area (Å²) in [5.41, 5.74) is 1.42. The number of anilines is 1. The molecule has 1 aliphatic heterocycles. The Balaban J connectivity index is 1.68. The van der Waals surface area contributed by atoms with Crippen molar-refractivity contribution in [2.75, 3.05) is 11.9 Å². The third kappa shape index (κ3) is 4.47. The average molecular weight is 454 g/mol. The van der Waals surface area contributed by atoms with E-state index in [1.165, 1.54) is 70.5 Å². The van der Waals surface area contributed by atoms with Gasteiger partial charge in [0.15, 0.2) is 0 Å². The lowest BCUT2D eigenvalue weighted by Gasteiger charge is -2.29. The van der Waals surface area contributed by atoms with Gasteiger partial charge in [0, 0.05) is 24.4 Å². The number of hydrogen-bond acceptors (Lipinski definition) is 4. The molecule has 8 heteroatoms. The van der Waals surface area contributed by atoms with Gasteiger partial charge in [-0.2, -0.15) is 0 Å². The highest BCUT2D eigenvalue weighted by atomic mass is 19.1. The van der Waals surface area contributed by atoms with Crippen LogP contribution < -0.4 is 4.90 Å². The number of likely N-dealkylation sites (N-methyl/N-ethyl adjacent to an activating group) is 1. The summed E-state index contributed by atoms with van der Waals surface area (Å²) in [6.07, 6.45) is -0.229. The van der Waals surface area contributed by atoms with Gasteiger partial charge in [-0.05, 0) is 66.9 Å². The second kappa shape index (κ2) is 9.07. The van der Waals surface area contributed by atoms with Gasteiger partial charge in [-0.3, -0.25) is 4.90 Å². The quantitative estimate of drug-likeness (QED) is 0.496. The van der Waals surface area contributed by atoms with Crippen molar-refractivity contribution in [3.8, 4) is 11.5 Å².